The molecule has 10 nitrogen and oxygen atoms in total. The summed E-state index contributed by atoms with van der Waals surface area (Å²) in [4.78, 5) is 42.8. The van der Waals surface area contributed by atoms with Crippen LogP contribution in [0.1, 0.15) is 44.5 Å². The van der Waals surface area contributed by atoms with Crippen molar-refractivity contribution in [2.45, 2.75) is 38.8 Å². The van der Waals surface area contributed by atoms with Gasteiger partial charge in [0, 0.05) is 34.3 Å². The number of nitrogens with one attached hydrogen (secondary N) is 2. The molecule has 5 aromatic rings. The van der Waals surface area contributed by atoms with Gasteiger partial charge in [-0.2, -0.15) is 13.9 Å². The van der Waals surface area contributed by atoms with Gasteiger partial charge in [-0.05, 0) is 37.1 Å². The zero-order valence-electron chi connectivity index (χ0n) is 21.2. The number of aromatic nitrogens is 7. The topological polar surface area (TPSA) is 123 Å². The summed E-state index contributed by atoms with van der Waals surface area (Å²) in [7, 11) is 0. The molecule has 2 atom stereocenters. The number of imidazole rings is 1. The Morgan fingerprint density at radius 3 is 2.75 bits per heavy atom. The van der Waals surface area contributed by atoms with Crippen molar-refractivity contribution in [3.05, 3.63) is 76.5 Å². The molecular weight excluding hydrogens is 542 g/mol. The number of amides is 1. The number of H-pyrrole nitrogens is 1. The fourth-order valence-electron chi connectivity index (χ4n) is 5.10. The summed E-state index contributed by atoms with van der Waals surface area (Å²) in [6, 6.07) is 7.52. The number of halogens is 3. The van der Waals surface area contributed by atoms with Gasteiger partial charge in [-0.3, -0.25) is 19.1 Å². The van der Waals surface area contributed by atoms with Crippen LogP contribution in [-0.2, 0) is 4.79 Å². The van der Waals surface area contributed by atoms with Crippen LogP contribution in [0.5, 0.6) is 0 Å². The molecule has 0 spiro atoms. The number of alkyl halides is 2. The first-order valence-electron chi connectivity index (χ1n) is 12.6. The standard InChI is InChI=1S/C27H23ClF2N8O2/c1-14-3-2-4-22(19-7-15(5-6-31-19)25-21(36-26(14)40)11-35-38(25)27(29)30)37-13-34-18(10-23(37)39)17-8-16(28)9-20-24(17)33-12-32-20/h5-14,22,27H,2-4H2,1H3,(H,32,33)(H,36,40)/t14-,22+/m1/s1. The molecular formula is C27H23ClF2N8O2. The molecule has 2 bridgehead atoms. The number of pyridine rings is 1. The minimum Gasteiger partial charge on any atom is -0.345 e. The lowest BCUT2D eigenvalue weighted by Crippen LogP contribution is -2.27. The smallest absolute Gasteiger partial charge is 0.333 e. The Balaban J connectivity index is 1.46. The fourth-order valence-corrected chi connectivity index (χ4v) is 5.32. The first-order chi connectivity index (χ1) is 19.3. The van der Waals surface area contributed by atoms with E-state index in [2.05, 4.69) is 30.4 Å². The van der Waals surface area contributed by atoms with Gasteiger partial charge < -0.3 is 10.3 Å². The Morgan fingerprint density at radius 2 is 1.95 bits per heavy atom. The van der Waals surface area contributed by atoms with E-state index in [1.165, 1.54) is 29.4 Å². The maximum Gasteiger partial charge on any atom is 0.333 e. The van der Waals surface area contributed by atoms with Crippen molar-refractivity contribution in [1.82, 2.24) is 34.3 Å². The van der Waals surface area contributed by atoms with Crippen LogP contribution < -0.4 is 10.9 Å². The summed E-state index contributed by atoms with van der Waals surface area (Å²) in [5.74, 6) is -0.693. The monoisotopic (exact) mass is 564 g/mol. The van der Waals surface area contributed by atoms with Gasteiger partial charge in [-0.15, -0.1) is 0 Å². The highest BCUT2D eigenvalue weighted by molar-refractivity contribution is 6.31. The third-order valence-electron chi connectivity index (χ3n) is 7.13. The Labute approximate surface area is 231 Å². The van der Waals surface area contributed by atoms with Gasteiger partial charge >= 0.3 is 6.55 Å². The van der Waals surface area contributed by atoms with Crippen molar-refractivity contribution in [2.24, 2.45) is 5.92 Å². The van der Waals surface area contributed by atoms with Gasteiger partial charge in [0.25, 0.3) is 5.56 Å². The Hall–Kier alpha value is -4.45. The predicted octanol–water partition coefficient (Wildman–Crippen LogP) is 5.44. The molecule has 0 aliphatic carbocycles. The first kappa shape index (κ1) is 25.8. The Kier molecular flexibility index (Phi) is 6.62. The van der Waals surface area contributed by atoms with Gasteiger partial charge in [0.1, 0.15) is 0 Å². The molecule has 1 aliphatic rings. The number of carbonyl (C=O) groups is 1. The van der Waals surface area contributed by atoms with E-state index in [0.717, 1.165) is 5.52 Å². The van der Waals surface area contributed by atoms with Crippen LogP contribution in [0.25, 0.3) is 33.5 Å². The van der Waals surface area contributed by atoms with E-state index in [9.17, 15) is 18.4 Å². The summed E-state index contributed by atoms with van der Waals surface area (Å²) in [5, 5.41) is 7.02. The van der Waals surface area contributed by atoms with E-state index in [1.54, 1.807) is 37.5 Å². The molecule has 5 heterocycles. The third kappa shape index (κ3) is 4.64. The quantitative estimate of drug-likeness (QED) is 0.301. The van der Waals surface area contributed by atoms with Crippen LogP contribution in [0.15, 0.2) is 60.2 Å². The van der Waals surface area contributed by atoms with Crippen LogP contribution in [0.3, 0.4) is 0 Å². The van der Waals surface area contributed by atoms with Gasteiger partial charge in [-0.1, -0.05) is 24.9 Å². The SMILES string of the molecule is C[C@@H]1CCC[C@H](n2cnc(-c3cc(Cl)cc4[nH]cnc34)cc2=O)c2cc(ccn2)-c2c(cnn2C(F)F)NC1=O. The number of hydrogen-bond donors (Lipinski definition) is 2. The number of nitrogens with zero attached hydrogens (tertiary/aromatic N) is 6. The maximum atomic E-state index is 13.9. The van der Waals surface area contributed by atoms with E-state index in [0.29, 0.717) is 57.0 Å². The van der Waals surface area contributed by atoms with Crippen molar-refractivity contribution in [2.75, 3.05) is 5.32 Å². The van der Waals surface area contributed by atoms with Crippen molar-refractivity contribution < 1.29 is 13.6 Å². The van der Waals surface area contributed by atoms with E-state index in [4.69, 9.17) is 11.6 Å². The van der Waals surface area contributed by atoms with E-state index in [1.807, 2.05) is 0 Å². The number of aromatic amines is 1. The highest BCUT2D eigenvalue weighted by atomic mass is 35.5. The lowest BCUT2D eigenvalue weighted by atomic mass is 9.97. The van der Waals surface area contributed by atoms with Crippen molar-refractivity contribution >= 4 is 34.2 Å². The van der Waals surface area contributed by atoms with Crippen LogP contribution >= 0.6 is 11.6 Å². The Morgan fingerprint density at radius 1 is 1.10 bits per heavy atom. The largest absolute Gasteiger partial charge is 0.345 e. The molecule has 2 N–H and O–H groups in total. The third-order valence-corrected chi connectivity index (χ3v) is 7.35. The second kappa shape index (κ2) is 10.3. The molecule has 1 amide bonds. The molecule has 40 heavy (non-hydrogen) atoms. The van der Waals surface area contributed by atoms with E-state index < -0.39 is 18.5 Å². The molecule has 204 valence electrons. The predicted molar refractivity (Wildman–Crippen MR) is 145 cm³/mol. The molecule has 0 saturated carbocycles. The molecule has 13 heteroatoms. The summed E-state index contributed by atoms with van der Waals surface area (Å²) in [6.07, 6.45) is 7.29. The molecule has 1 aliphatic heterocycles. The van der Waals surface area contributed by atoms with Gasteiger partial charge in [0.2, 0.25) is 5.91 Å². The summed E-state index contributed by atoms with van der Waals surface area (Å²) in [6.45, 7) is -1.15. The van der Waals surface area contributed by atoms with Gasteiger partial charge in [-0.25, -0.2) is 14.6 Å². The second-order valence-corrected chi connectivity index (χ2v) is 10.1. The van der Waals surface area contributed by atoms with E-state index in [-0.39, 0.29) is 22.8 Å². The minimum absolute atomic E-state index is 0.0586. The van der Waals surface area contributed by atoms with Crippen molar-refractivity contribution in [1.29, 1.82) is 0 Å². The zero-order valence-corrected chi connectivity index (χ0v) is 21.9. The summed E-state index contributed by atoms with van der Waals surface area (Å²) in [5.41, 5.74) is 3.16. The number of rotatable bonds is 3. The minimum atomic E-state index is -2.93. The van der Waals surface area contributed by atoms with Crippen molar-refractivity contribution in [3.8, 4) is 22.5 Å². The molecule has 0 saturated heterocycles. The maximum absolute atomic E-state index is 13.9. The normalized spacial score (nSPS) is 17.8. The number of carbonyl (C=O) groups excluding carboxylic acids is 1. The molecule has 4 aromatic heterocycles. The molecule has 6 rings (SSSR count). The Bertz CT molecular complexity index is 1800. The lowest BCUT2D eigenvalue weighted by Gasteiger charge is -2.22. The van der Waals surface area contributed by atoms with Crippen LogP contribution in [-0.4, -0.2) is 40.2 Å². The highest BCUT2D eigenvalue weighted by Gasteiger charge is 2.26. The molecule has 0 fully saturated rings. The lowest BCUT2D eigenvalue weighted by molar-refractivity contribution is -0.119. The number of hydrogen-bond acceptors (Lipinski definition) is 6. The fraction of sp³-hybridized carbons (Fsp3) is 0.259. The highest BCUT2D eigenvalue weighted by Crippen LogP contribution is 2.35. The van der Waals surface area contributed by atoms with Crippen LogP contribution in [0, 0.1) is 5.92 Å². The second-order valence-electron chi connectivity index (χ2n) is 9.71. The number of anilines is 1. The summed E-state index contributed by atoms with van der Waals surface area (Å²) >= 11 is 6.28. The van der Waals surface area contributed by atoms with Crippen LogP contribution in [0.4, 0.5) is 14.5 Å². The zero-order chi connectivity index (χ0) is 28.0. The number of benzene rings is 1. The van der Waals surface area contributed by atoms with Gasteiger partial charge in [0.05, 0.1) is 58.7 Å². The average Bonchev–Trinajstić information content (AvgIpc) is 3.57. The van der Waals surface area contributed by atoms with Crippen molar-refractivity contribution in [3.63, 3.8) is 0 Å². The van der Waals surface area contributed by atoms with Gasteiger partial charge in [0.15, 0.2) is 0 Å². The molecule has 0 radical (unpaired) electrons. The van der Waals surface area contributed by atoms with E-state index >= 15 is 0 Å². The summed E-state index contributed by atoms with van der Waals surface area (Å²) < 4.78 is 29.8. The molecule has 0 unspecified atom stereocenters. The van der Waals surface area contributed by atoms with Crippen LogP contribution in [0.2, 0.25) is 5.02 Å². The molecule has 1 aromatic carbocycles. The number of fused-ring (bicyclic) bond motifs is 5. The average molecular weight is 565 g/mol. The first-order valence-corrected chi connectivity index (χ1v) is 13.0.